The molecule has 7 nitrogen and oxygen atoms in total. The molecule has 4 aromatic carbocycles. The molecule has 0 aliphatic carbocycles. The number of benzene rings is 4. The van der Waals surface area contributed by atoms with E-state index in [1.165, 1.54) is 11.3 Å². The van der Waals surface area contributed by atoms with E-state index in [1.54, 1.807) is 18.6 Å². The van der Waals surface area contributed by atoms with Gasteiger partial charge in [0.1, 0.15) is 6.61 Å². The number of ether oxygens (including phenoxy) is 3. The highest BCUT2D eigenvalue weighted by Crippen LogP contribution is 2.36. The van der Waals surface area contributed by atoms with E-state index in [2.05, 4.69) is 13.8 Å². The number of methoxy groups -OCH3 is 1. The second-order valence-electron chi connectivity index (χ2n) is 11.4. The predicted molar refractivity (Wildman–Crippen MR) is 185 cm³/mol. The molecule has 1 aromatic heterocycles. The fourth-order valence-electron chi connectivity index (χ4n) is 5.65. The van der Waals surface area contributed by atoms with Gasteiger partial charge >= 0.3 is 5.97 Å². The average Bonchev–Trinajstić information content (AvgIpc) is 3.41. The molecule has 0 saturated carbocycles. The summed E-state index contributed by atoms with van der Waals surface area (Å²) in [6.07, 6.45) is 1.81. The van der Waals surface area contributed by atoms with Crippen LogP contribution in [0.4, 0.5) is 0 Å². The fraction of sp³-hybridized carbons (Fsp3) is 0.205. The molecule has 6 rings (SSSR count). The van der Waals surface area contributed by atoms with Gasteiger partial charge in [-0.15, -0.1) is 0 Å². The lowest BCUT2D eigenvalue weighted by Gasteiger charge is -2.26. The highest BCUT2D eigenvalue weighted by molar-refractivity contribution is 7.07. The maximum Gasteiger partial charge on any atom is 0.338 e. The number of rotatable bonds is 10. The van der Waals surface area contributed by atoms with E-state index in [0.29, 0.717) is 50.2 Å². The third kappa shape index (κ3) is 6.55. The number of esters is 1. The Morgan fingerprint density at radius 2 is 1.64 bits per heavy atom. The maximum atomic E-state index is 14.4. The molecule has 238 valence electrons. The smallest absolute Gasteiger partial charge is 0.338 e. The van der Waals surface area contributed by atoms with Crippen LogP contribution in [0.3, 0.4) is 0 Å². The molecule has 1 aliphatic heterocycles. The second kappa shape index (κ2) is 14.1. The summed E-state index contributed by atoms with van der Waals surface area (Å²) in [5.41, 5.74) is 4.96. The minimum absolute atomic E-state index is 0.190. The summed E-state index contributed by atoms with van der Waals surface area (Å²) in [6.45, 7) is 6.56. The summed E-state index contributed by atoms with van der Waals surface area (Å²) in [6, 6.07) is 32.3. The van der Waals surface area contributed by atoms with Crippen molar-refractivity contribution in [2.75, 3.05) is 13.7 Å². The van der Waals surface area contributed by atoms with Crippen LogP contribution in [0, 0.1) is 0 Å². The molecule has 0 amide bonds. The lowest BCUT2D eigenvalue weighted by Crippen LogP contribution is -2.40. The van der Waals surface area contributed by atoms with Gasteiger partial charge in [0, 0.05) is 11.1 Å². The zero-order valence-corrected chi connectivity index (χ0v) is 27.6. The van der Waals surface area contributed by atoms with E-state index in [4.69, 9.17) is 19.2 Å². The maximum absolute atomic E-state index is 14.4. The molecule has 2 heterocycles. The number of carbonyl (C=O) groups is 1. The zero-order chi connectivity index (χ0) is 32.9. The van der Waals surface area contributed by atoms with Crippen molar-refractivity contribution in [3.05, 3.63) is 156 Å². The number of hydrogen-bond donors (Lipinski definition) is 0. The molecule has 8 heteroatoms. The minimum atomic E-state index is -0.747. The third-order valence-electron chi connectivity index (χ3n) is 8.03. The van der Waals surface area contributed by atoms with Gasteiger partial charge in [-0.1, -0.05) is 122 Å². The van der Waals surface area contributed by atoms with Gasteiger partial charge in [-0.3, -0.25) is 9.36 Å². The zero-order valence-electron chi connectivity index (χ0n) is 26.8. The summed E-state index contributed by atoms with van der Waals surface area (Å²) in [5.74, 6) is 0.906. The van der Waals surface area contributed by atoms with Crippen molar-refractivity contribution in [2.24, 2.45) is 4.99 Å². The van der Waals surface area contributed by atoms with Crippen LogP contribution in [0.1, 0.15) is 60.5 Å². The Kier molecular flexibility index (Phi) is 9.50. The van der Waals surface area contributed by atoms with Gasteiger partial charge in [0.15, 0.2) is 16.3 Å². The van der Waals surface area contributed by atoms with Crippen LogP contribution in [0.2, 0.25) is 0 Å². The fourth-order valence-corrected chi connectivity index (χ4v) is 6.64. The number of carbonyl (C=O) groups excluding carboxylic acids is 1. The summed E-state index contributed by atoms with van der Waals surface area (Å²) >= 11 is 1.27. The number of nitrogens with zero attached hydrogens (tertiary/aromatic N) is 2. The number of thiazole rings is 1. The largest absolute Gasteiger partial charge is 0.493 e. The molecular weight excluding hydrogens is 609 g/mol. The lowest BCUT2D eigenvalue weighted by atomic mass is 9.91. The molecule has 0 unspecified atom stereocenters. The molecular formula is C39H36N2O5S. The van der Waals surface area contributed by atoms with E-state index in [-0.39, 0.29) is 12.2 Å². The molecule has 1 aliphatic rings. The van der Waals surface area contributed by atoms with E-state index in [0.717, 1.165) is 22.3 Å². The second-order valence-corrected chi connectivity index (χ2v) is 12.4. The first-order valence-electron chi connectivity index (χ1n) is 15.6. The van der Waals surface area contributed by atoms with E-state index < -0.39 is 12.0 Å². The Labute approximate surface area is 277 Å². The molecule has 0 radical (unpaired) electrons. The summed E-state index contributed by atoms with van der Waals surface area (Å²) in [5, 5.41) is 0. The Balaban J connectivity index is 1.56. The molecule has 0 fully saturated rings. The van der Waals surface area contributed by atoms with Gasteiger partial charge in [-0.25, -0.2) is 9.79 Å². The Bertz CT molecular complexity index is 2100. The highest BCUT2D eigenvalue weighted by Gasteiger charge is 2.35. The van der Waals surface area contributed by atoms with E-state index in [1.807, 2.05) is 109 Å². The Hall–Kier alpha value is -5.21. The Morgan fingerprint density at radius 3 is 2.30 bits per heavy atom. The molecule has 1 atom stereocenters. The van der Waals surface area contributed by atoms with Crippen LogP contribution in [0.25, 0.3) is 11.8 Å². The van der Waals surface area contributed by atoms with Crippen molar-refractivity contribution in [3.63, 3.8) is 0 Å². The number of aromatic nitrogens is 1. The van der Waals surface area contributed by atoms with Gasteiger partial charge in [-0.05, 0) is 41.7 Å². The quantitative estimate of drug-likeness (QED) is 0.159. The van der Waals surface area contributed by atoms with Gasteiger partial charge in [0.25, 0.3) is 5.56 Å². The minimum Gasteiger partial charge on any atom is -0.493 e. The summed E-state index contributed by atoms with van der Waals surface area (Å²) < 4.78 is 19.6. The molecule has 0 spiro atoms. The lowest BCUT2D eigenvalue weighted by molar-refractivity contribution is -0.138. The Morgan fingerprint density at radius 1 is 0.936 bits per heavy atom. The van der Waals surface area contributed by atoms with Crippen LogP contribution < -0.4 is 24.4 Å². The van der Waals surface area contributed by atoms with Crippen LogP contribution >= 0.6 is 11.3 Å². The summed E-state index contributed by atoms with van der Waals surface area (Å²) in [4.78, 5) is 33.6. The molecule has 47 heavy (non-hydrogen) atoms. The van der Waals surface area contributed by atoms with Crippen molar-refractivity contribution < 1.29 is 19.0 Å². The van der Waals surface area contributed by atoms with E-state index >= 15 is 0 Å². The van der Waals surface area contributed by atoms with Gasteiger partial charge in [0.2, 0.25) is 0 Å². The SMILES string of the molecule is CCOC(=O)C1=C(c2ccccc2)N=c2s/c(=C\c3cccc(OC)c3OCc3ccccc3)c(=O)n2[C@H]1c1ccc(C(C)C)cc1. The van der Waals surface area contributed by atoms with E-state index in [9.17, 15) is 9.59 Å². The number of hydrogen-bond acceptors (Lipinski definition) is 7. The number of para-hydroxylation sites is 1. The number of fused-ring (bicyclic) bond motifs is 1. The monoisotopic (exact) mass is 644 g/mol. The van der Waals surface area contributed by atoms with Crippen molar-refractivity contribution in [3.8, 4) is 11.5 Å². The first-order chi connectivity index (χ1) is 22.9. The van der Waals surface area contributed by atoms with Crippen molar-refractivity contribution >= 4 is 29.1 Å². The standard InChI is InChI=1S/C39H36N2O5S/c1-5-45-38(43)33-34(28-15-10-7-11-16-28)40-39-41(35(33)29-21-19-27(20-22-29)25(2)3)37(42)32(47-39)23-30-17-12-18-31(44-4)36(30)46-24-26-13-8-6-9-14-26/h6-23,25,35H,5,24H2,1-4H3/b32-23-/t35-/m0/s1. The van der Waals surface area contributed by atoms with Crippen LogP contribution in [0.5, 0.6) is 11.5 Å². The van der Waals surface area contributed by atoms with Crippen molar-refractivity contribution in [1.82, 2.24) is 4.57 Å². The van der Waals surface area contributed by atoms with Crippen molar-refractivity contribution in [2.45, 2.75) is 39.3 Å². The molecule has 0 N–H and O–H groups in total. The van der Waals surface area contributed by atoms with Crippen LogP contribution in [-0.2, 0) is 16.1 Å². The summed E-state index contributed by atoms with van der Waals surface area (Å²) in [7, 11) is 1.59. The molecule has 0 bridgehead atoms. The predicted octanol–water partition coefficient (Wildman–Crippen LogP) is 6.65. The van der Waals surface area contributed by atoms with Gasteiger partial charge in [-0.2, -0.15) is 0 Å². The first kappa shape index (κ1) is 31.8. The highest BCUT2D eigenvalue weighted by atomic mass is 32.1. The third-order valence-corrected chi connectivity index (χ3v) is 9.02. The van der Waals surface area contributed by atoms with Gasteiger partial charge in [0.05, 0.1) is 35.6 Å². The normalized spacial score (nSPS) is 14.5. The van der Waals surface area contributed by atoms with Crippen LogP contribution in [-0.4, -0.2) is 24.3 Å². The van der Waals surface area contributed by atoms with Crippen LogP contribution in [0.15, 0.2) is 118 Å². The molecule has 0 saturated heterocycles. The topological polar surface area (TPSA) is 79.1 Å². The van der Waals surface area contributed by atoms with Crippen molar-refractivity contribution in [1.29, 1.82) is 0 Å². The average molecular weight is 645 g/mol. The molecule has 5 aromatic rings. The first-order valence-corrected chi connectivity index (χ1v) is 16.4. The van der Waals surface area contributed by atoms with Gasteiger partial charge < -0.3 is 14.2 Å².